The van der Waals surface area contributed by atoms with Gasteiger partial charge in [0.1, 0.15) is 12.4 Å². The molecule has 0 aromatic heterocycles. The Labute approximate surface area is 130 Å². The van der Waals surface area contributed by atoms with E-state index in [1.54, 1.807) is 0 Å². The highest BCUT2D eigenvalue weighted by molar-refractivity contribution is 5.37. The van der Waals surface area contributed by atoms with Gasteiger partial charge in [-0.2, -0.15) is 0 Å². The van der Waals surface area contributed by atoms with Crippen LogP contribution < -0.4 is 10.1 Å². The minimum Gasteiger partial charge on any atom is -0.491 e. The van der Waals surface area contributed by atoms with Crippen molar-refractivity contribution >= 4 is 0 Å². The Bertz CT molecular complexity index is 391. The number of aryl methyl sites for hydroxylation is 1. The van der Waals surface area contributed by atoms with Gasteiger partial charge in [-0.1, -0.05) is 39.3 Å². The van der Waals surface area contributed by atoms with Crippen LogP contribution in [-0.4, -0.2) is 32.9 Å². The molecule has 0 fully saturated rings. The quantitative estimate of drug-likeness (QED) is 0.628. The van der Waals surface area contributed by atoms with E-state index in [2.05, 4.69) is 51.2 Å². The molecule has 0 heterocycles. The summed E-state index contributed by atoms with van der Waals surface area (Å²) in [5.41, 5.74) is 2.50. The van der Waals surface area contributed by atoms with Crippen molar-refractivity contribution in [2.75, 3.05) is 32.9 Å². The summed E-state index contributed by atoms with van der Waals surface area (Å²) in [5.74, 6) is 1.50. The Morgan fingerprint density at radius 3 is 2.62 bits per heavy atom. The topological polar surface area (TPSA) is 30.5 Å². The standard InChI is InChI=1S/C18H31NO2/c1-5-6-9-19-10-11-20-12-13-21-18-14-17(15(2)3)8-7-16(18)4/h7-8,14-15,19H,5-6,9-13H2,1-4H3. The smallest absolute Gasteiger partial charge is 0.122 e. The lowest BCUT2D eigenvalue weighted by molar-refractivity contribution is 0.101. The summed E-state index contributed by atoms with van der Waals surface area (Å²) in [4.78, 5) is 0. The molecule has 21 heavy (non-hydrogen) atoms. The SMILES string of the molecule is CCCCNCCOCCOc1cc(C(C)C)ccc1C. The lowest BCUT2D eigenvalue weighted by Gasteiger charge is -2.13. The molecule has 0 unspecified atom stereocenters. The van der Waals surface area contributed by atoms with Crippen LogP contribution in [0, 0.1) is 6.92 Å². The second kappa shape index (κ2) is 10.6. The number of hydrogen-bond donors (Lipinski definition) is 1. The molecule has 0 aliphatic rings. The van der Waals surface area contributed by atoms with E-state index in [1.165, 1.54) is 24.0 Å². The summed E-state index contributed by atoms with van der Waals surface area (Å²) >= 11 is 0. The fraction of sp³-hybridized carbons (Fsp3) is 0.667. The van der Waals surface area contributed by atoms with Crippen LogP contribution in [-0.2, 0) is 4.74 Å². The predicted octanol–water partition coefficient (Wildman–Crippen LogP) is 3.90. The van der Waals surface area contributed by atoms with E-state index < -0.39 is 0 Å². The van der Waals surface area contributed by atoms with Crippen LogP contribution in [0.4, 0.5) is 0 Å². The lowest BCUT2D eigenvalue weighted by atomic mass is 10.0. The molecule has 0 spiro atoms. The maximum atomic E-state index is 5.83. The Balaban J connectivity index is 2.16. The third-order valence-corrected chi connectivity index (χ3v) is 3.49. The molecule has 3 heteroatoms. The van der Waals surface area contributed by atoms with Gasteiger partial charge in [-0.15, -0.1) is 0 Å². The van der Waals surface area contributed by atoms with Crippen molar-refractivity contribution in [1.82, 2.24) is 5.32 Å². The third-order valence-electron chi connectivity index (χ3n) is 3.49. The molecular formula is C18H31NO2. The minimum atomic E-state index is 0.526. The van der Waals surface area contributed by atoms with E-state index in [1.807, 2.05) is 0 Å². The molecule has 1 aromatic rings. The molecule has 1 N–H and O–H groups in total. The largest absolute Gasteiger partial charge is 0.491 e. The first-order valence-corrected chi connectivity index (χ1v) is 8.17. The van der Waals surface area contributed by atoms with E-state index >= 15 is 0 Å². The summed E-state index contributed by atoms with van der Waals surface area (Å²) < 4.78 is 11.4. The van der Waals surface area contributed by atoms with Crippen molar-refractivity contribution in [2.24, 2.45) is 0 Å². The van der Waals surface area contributed by atoms with Gasteiger partial charge in [0, 0.05) is 6.54 Å². The Hall–Kier alpha value is -1.06. The summed E-state index contributed by atoms with van der Waals surface area (Å²) in [6.45, 7) is 12.7. The van der Waals surface area contributed by atoms with Crippen LogP contribution in [0.3, 0.4) is 0 Å². The first-order valence-electron chi connectivity index (χ1n) is 8.17. The summed E-state index contributed by atoms with van der Waals surface area (Å²) in [7, 11) is 0. The number of nitrogens with one attached hydrogen (secondary N) is 1. The van der Waals surface area contributed by atoms with Gasteiger partial charge in [-0.05, 0) is 43.0 Å². The van der Waals surface area contributed by atoms with Gasteiger partial charge in [0.25, 0.3) is 0 Å². The summed E-state index contributed by atoms with van der Waals surface area (Å²) in [6, 6.07) is 6.45. The molecule has 0 radical (unpaired) electrons. The second-order valence-corrected chi connectivity index (χ2v) is 5.74. The number of ether oxygens (including phenoxy) is 2. The maximum Gasteiger partial charge on any atom is 0.122 e. The van der Waals surface area contributed by atoms with Crippen molar-refractivity contribution in [2.45, 2.75) is 46.5 Å². The third kappa shape index (κ3) is 7.49. The van der Waals surface area contributed by atoms with Crippen LogP contribution in [0.2, 0.25) is 0 Å². The van der Waals surface area contributed by atoms with Gasteiger partial charge in [0.05, 0.1) is 13.2 Å². The minimum absolute atomic E-state index is 0.526. The van der Waals surface area contributed by atoms with Crippen LogP contribution in [0.25, 0.3) is 0 Å². The van der Waals surface area contributed by atoms with Gasteiger partial charge in [-0.25, -0.2) is 0 Å². The van der Waals surface area contributed by atoms with Crippen molar-refractivity contribution in [3.05, 3.63) is 29.3 Å². The zero-order valence-electron chi connectivity index (χ0n) is 14.1. The summed E-state index contributed by atoms with van der Waals surface area (Å²) in [6.07, 6.45) is 2.46. The van der Waals surface area contributed by atoms with Crippen LogP contribution in [0.5, 0.6) is 5.75 Å². The van der Waals surface area contributed by atoms with Crippen molar-refractivity contribution < 1.29 is 9.47 Å². The normalized spacial score (nSPS) is 11.1. The molecule has 0 aliphatic carbocycles. The molecule has 0 amide bonds. The molecule has 0 aliphatic heterocycles. The van der Waals surface area contributed by atoms with Gasteiger partial charge in [-0.3, -0.25) is 0 Å². The van der Waals surface area contributed by atoms with Gasteiger partial charge in [0.2, 0.25) is 0 Å². The zero-order valence-corrected chi connectivity index (χ0v) is 14.1. The van der Waals surface area contributed by atoms with Gasteiger partial charge in [0.15, 0.2) is 0 Å². The fourth-order valence-corrected chi connectivity index (χ4v) is 2.02. The average molecular weight is 293 g/mol. The highest BCUT2D eigenvalue weighted by atomic mass is 16.5. The van der Waals surface area contributed by atoms with E-state index in [4.69, 9.17) is 9.47 Å². The first kappa shape index (κ1) is 18.0. The fourth-order valence-electron chi connectivity index (χ4n) is 2.02. The van der Waals surface area contributed by atoms with E-state index in [9.17, 15) is 0 Å². The second-order valence-electron chi connectivity index (χ2n) is 5.74. The molecule has 0 atom stereocenters. The van der Waals surface area contributed by atoms with Crippen LogP contribution >= 0.6 is 0 Å². The molecule has 1 aromatic carbocycles. The molecule has 0 saturated carbocycles. The van der Waals surface area contributed by atoms with Gasteiger partial charge >= 0.3 is 0 Å². The summed E-state index contributed by atoms with van der Waals surface area (Å²) in [5, 5.41) is 3.36. The predicted molar refractivity (Wildman–Crippen MR) is 89.4 cm³/mol. The monoisotopic (exact) mass is 293 g/mol. The molecule has 1 rings (SSSR count). The zero-order chi connectivity index (χ0) is 15.5. The number of benzene rings is 1. The van der Waals surface area contributed by atoms with Crippen molar-refractivity contribution in [1.29, 1.82) is 0 Å². The highest BCUT2D eigenvalue weighted by Crippen LogP contribution is 2.24. The average Bonchev–Trinajstić information content (AvgIpc) is 2.47. The van der Waals surface area contributed by atoms with Crippen LogP contribution in [0.1, 0.15) is 50.7 Å². The van der Waals surface area contributed by atoms with E-state index in [0.29, 0.717) is 19.1 Å². The highest BCUT2D eigenvalue weighted by Gasteiger charge is 2.04. The number of rotatable bonds is 11. The van der Waals surface area contributed by atoms with Crippen molar-refractivity contribution in [3.63, 3.8) is 0 Å². The first-order chi connectivity index (χ1) is 10.1. The molecule has 0 saturated heterocycles. The molecular weight excluding hydrogens is 262 g/mol. The number of unbranched alkanes of at least 4 members (excludes halogenated alkanes) is 1. The molecule has 0 bridgehead atoms. The van der Waals surface area contributed by atoms with Crippen LogP contribution in [0.15, 0.2) is 18.2 Å². The lowest BCUT2D eigenvalue weighted by Crippen LogP contribution is -2.21. The maximum absolute atomic E-state index is 5.83. The van der Waals surface area contributed by atoms with Crippen molar-refractivity contribution in [3.8, 4) is 5.75 Å². The Morgan fingerprint density at radius 2 is 1.90 bits per heavy atom. The molecule has 120 valence electrons. The van der Waals surface area contributed by atoms with E-state index in [-0.39, 0.29) is 0 Å². The Morgan fingerprint density at radius 1 is 1.10 bits per heavy atom. The number of hydrogen-bond acceptors (Lipinski definition) is 3. The Kier molecular flexibility index (Phi) is 9.11. The molecule has 3 nitrogen and oxygen atoms in total. The van der Waals surface area contributed by atoms with Gasteiger partial charge < -0.3 is 14.8 Å². The van der Waals surface area contributed by atoms with E-state index in [0.717, 1.165) is 25.4 Å².